The Labute approximate surface area is 115 Å². The molecule has 0 aliphatic heterocycles. The first-order valence-corrected chi connectivity index (χ1v) is 6.62. The van der Waals surface area contributed by atoms with Gasteiger partial charge in [-0.25, -0.2) is 0 Å². The fraction of sp³-hybridized carbons (Fsp3) is 0.533. The van der Waals surface area contributed by atoms with E-state index in [2.05, 4.69) is 17.9 Å². The monoisotopic (exact) mass is 262 g/mol. The van der Waals surface area contributed by atoms with Crippen molar-refractivity contribution in [3.05, 3.63) is 29.3 Å². The van der Waals surface area contributed by atoms with Crippen LogP contribution in [-0.2, 0) is 11.3 Å². The molecule has 0 aromatic heterocycles. The summed E-state index contributed by atoms with van der Waals surface area (Å²) >= 11 is 0. The van der Waals surface area contributed by atoms with Gasteiger partial charge < -0.3 is 9.47 Å². The van der Waals surface area contributed by atoms with E-state index in [0.29, 0.717) is 5.56 Å². The Morgan fingerprint density at radius 1 is 1.32 bits per heavy atom. The lowest BCUT2D eigenvalue weighted by molar-refractivity contribution is 0.112. The van der Waals surface area contributed by atoms with Crippen LogP contribution in [0.2, 0.25) is 0 Å². The van der Waals surface area contributed by atoms with Crippen LogP contribution in [0.15, 0.2) is 18.2 Å². The second kappa shape index (κ2) is 8.52. The smallest absolute Gasteiger partial charge is 0.123 e. The maximum absolute atomic E-state index is 8.97. The van der Waals surface area contributed by atoms with E-state index in [1.54, 1.807) is 13.2 Å². The summed E-state index contributed by atoms with van der Waals surface area (Å²) in [6, 6.07) is 7.68. The fourth-order valence-electron chi connectivity index (χ4n) is 1.90. The lowest BCUT2D eigenvalue weighted by atomic mass is 10.1. The molecule has 0 radical (unpaired) electrons. The molecule has 104 valence electrons. The Balaban J connectivity index is 2.74. The van der Waals surface area contributed by atoms with Crippen molar-refractivity contribution >= 4 is 0 Å². The predicted molar refractivity (Wildman–Crippen MR) is 75.2 cm³/mol. The topological polar surface area (TPSA) is 45.5 Å². The van der Waals surface area contributed by atoms with Gasteiger partial charge in [-0.2, -0.15) is 5.26 Å². The Hall–Kier alpha value is -1.57. The highest BCUT2D eigenvalue weighted by atomic mass is 16.5. The molecule has 1 rings (SSSR count). The molecule has 4 heteroatoms. The third kappa shape index (κ3) is 4.90. The Bertz CT molecular complexity index is 427. The van der Waals surface area contributed by atoms with Crippen molar-refractivity contribution in [1.82, 2.24) is 4.90 Å². The van der Waals surface area contributed by atoms with Crippen molar-refractivity contribution in [2.75, 3.05) is 33.4 Å². The molecule has 0 heterocycles. The maximum Gasteiger partial charge on any atom is 0.123 e. The largest absolute Gasteiger partial charge is 0.496 e. The summed E-state index contributed by atoms with van der Waals surface area (Å²) < 4.78 is 10.7. The molecule has 0 unspecified atom stereocenters. The standard InChI is InChI=1S/C15H22N2O2/c1-4-17(8-9-19-5-2)12-14-10-13(11-16)6-7-15(14)18-3/h6-7,10H,4-5,8-9,12H2,1-3H3. The third-order valence-electron chi connectivity index (χ3n) is 3.01. The first kappa shape index (κ1) is 15.5. The van der Waals surface area contributed by atoms with Crippen molar-refractivity contribution in [3.63, 3.8) is 0 Å². The summed E-state index contributed by atoms with van der Waals surface area (Å²) in [6.07, 6.45) is 0. The molecule has 0 N–H and O–H groups in total. The number of hydrogen-bond donors (Lipinski definition) is 0. The summed E-state index contributed by atoms with van der Waals surface area (Å²) in [6.45, 7) is 8.16. The number of rotatable bonds is 8. The molecule has 0 aliphatic carbocycles. The molecule has 0 spiro atoms. The Kier molecular flexibility index (Phi) is 6.94. The van der Waals surface area contributed by atoms with Crippen LogP contribution in [0, 0.1) is 11.3 Å². The molecule has 19 heavy (non-hydrogen) atoms. The zero-order valence-corrected chi connectivity index (χ0v) is 12.0. The van der Waals surface area contributed by atoms with Crippen molar-refractivity contribution in [2.45, 2.75) is 20.4 Å². The summed E-state index contributed by atoms with van der Waals surface area (Å²) in [5.41, 5.74) is 1.71. The molecule has 0 bridgehead atoms. The normalized spacial score (nSPS) is 10.5. The van der Waals surface area contributed by atoms with Crippen LogP contribution in [0.4, 0.5) is 0 Å². The number of likely N-dealkylation sites (N-methyl/N-ethyl adjacent to an activating group) is 1. The zero-order chi connectivity index (χ0) is 14.1. The van der Waals surface area contributed by atoms with Gasteiger partial charge in [0.25, 0.3) is 0 Å². The lowest BCUT2D eigenvalue weighted by Crippen LogP contribution is -2.27. The summed E-state index contributed by atoms with van der Waals surface area (Å²) in [4.78, 5) is 2.27. The van der Waals surface area contributed by atoms with Crippen LogP contribution in [0.1, 0.15) is 25.0 Å². The second-order valence-corrected chi connectivity index (χ2v) is 4.20. The molecule has 0 saturated heterocycles. The molecule has 0 aliphatic rings. The molecule has 0 saturated carbocycles. The molecule has 4 nitrogen and oxygen atoms in total. The van der Waals surface area contributed by atoms with Gasteiger partial charge in [0, 0.05) is 25.3 Å². The van der Waals surface area contributed by atoms with Gasteiger partial charge in [-0.3, -0.25) is 4.90 Å². The fourth-order valence-corrected chi connectivity index (χ4v) is 1.90. The molecule has 0 atom stereocenters. The molecule has 0 fully saturated rings. The van der Waals surface area contributed by atoms with E-state index in [1.807, 2.05) is 19.1 Å². The number of methoxy groups -OCH3 is 1. The minimum absolute atomic E-state index is 0.664. The van der Waals surface area contributed by atoms with Gasteiger partial charge >= 0.3 is 0 Å². The van der Waals surface area contributed by atoms with Crippen molar-refractivity contribution < 1.29 is 9.47 Å². The van der Waals surface area contributed by atoms with E-state index in [-0.39, 0.29) is 0 Å². The van der Waals surface area contributed by atoms with Gasteiger partial charge in [-0.15, -0.1) is 0 Å². The molecular weight excluding hydrogens is 240 g/mol. The summed E-state index contributed by atoms with van der Waals surface area (Å²) in [5.74, 6) is 0.828. The van der Waals surface area contributed by atoms with E-state index in [4.69, 9.17) is 14.7 Å². The highest BCUT2D eigenvalue weighted by Crippen LogP contribution is 2.21. The number of hydrogen-bond acceptors (Lipinski definition) is 4. The number of benzene rings is 1. The van der Waals surface area contributed by atoms with Crippen LogP contribution in [0.3, 0.4) is 0 Å². The van der Waals surface area contributed by atoms with Crippen LogP contribution >= 0.6 is 0 Å². The summed E-state index contributed by atoms with van der Waals surface area (Å²) in [5, 5.41) is 8.97. The first-order chi connectivity index (χ1) is 9.24. The van der Waals surface area contributed by atoms with E-state index in [0.717, 1.165) is 44.2 Å². The van der Waals surface area contributed by atoms with Crippen LogP contribution in [0.5, 0.6) is 5.75 Å². The highest BCUT2D eigenvalue weighted by Gasteiger charge is 2.09. The molecule has 1 aromatic carbocycles. The number of ether oxygens (including phenoxy) is 2. The molecule has 0 amide bonds. The van der Waals surface area contributed by atoms with Gasteiger partial charge in [0.2, 0.25) is 0 Å². The maximum atomic E-state index is 8.97. The van der Waals surface area contributed by atoms with E-state index < -0.39 is 0 Å². The lowest BCUT2D eigenvalue weighted by Gasteiger charge is -2.21. The van der Waals surface area contributed by atoms with Gasteiger partial charge in [0.15, 0.2) is 0 Å². The van der Waals surface area contributed by atoms with Crippen LogP contribution in [0.25, 0.3) is 0 Å². The molecule has 1 aromatic rings. The minimum atomic E-state index is 0.664. The van der Waals surface area contributed by atoms with E-state index >= 15 is 0 Å². The number of nitriles is 1. The molecular formula is C15H22N2O2. The highest BCUT2D eigenvalue weighted by molar-refractivity contribution is 5.42. The van der Waals surface area contributed by atoms with E-state index in [1.165, 1.54) is 0 Å². The van der Waals surface area contributed by atoms with Gasteiger partial charge in [0.1, 0.15) is 5.75 Å². The minimum Gasteiger partial charge on any atom is -0.496 e. The summed E-state index contributed by atoms with van der Waals surface area (Å²) in [7, 11) is 1.65. The second-order valence-electron chi connectivity index (χ2n) is 4.20. The third-order valence-corrected chi connectivity index (χ3v) is 3.01. The predicted octanol–water partition coefficient (Wildman–Crippen LogP) is 2.43. The first-order valence-electron chi connectivity index (χ1n) is 6.62. The number of nitrogens with zero attached hydrogens (tertiary/aromatic N) is 2. The van der Waals surface area contributed by atoms with Crippen LogP contribution in [-0.4, -0.2) is 38.3 Å². The average Bonchev–Trinajstić information content (AvgIpc) is 2.46. The SMILES string of the molecule is CCOCCN(CC)Cc1cc(C#N)ccc1OC. The Morgan fingerprint density at radius 3 is 2.68 bits per heavy atom. The quantitative estimate of drug-likeness (QED) is 0.675. The van der Waals surface area contributed by atoms with Gasteiger partial charge in [0.05, 0.1) is 25.3 Å². The van der Waals surface area contributed by atoms with Crippen molar-refractivity contribution in [3.8, 4) is 11.8 Å². The van der Waals surface area contributed by atoms with E-state index in [9.17, 15) is 0 Å². The van der Waals surface area contributed by atoms with Crippen molar-refractivity contribution in [1.29, 1.82) is 5.26 Å². The van der Waals surface area contributed by atoms with Crippen molar-refractivity contribution in [2.24, 2.45) is 0 Å². The Morgan fingerprint density at radius 2 is 2.11 bits per heavy atom. The van der Waals surface area contributed by atoms with Gasteiger partial charge in [-0.05, 0) is 31.7 Å². The van der Waals surface area contributed by atoms with Crippen LogP contribution < -0.4 is 4.74 Å². The average molecular weight is 262 g/mol. The van der Waals surface area contributed by atoms with Gasteiger partial charge in [-0.1, -0.05) is 6.92 Å². The zero-order valence-electron chi connectivity index (χ0n) is 12.0.